The summed E-state index contributed by atoms with van der Waals surface area (Å²) in [5.41, 5.74) is 0.470. The second kappa shape index (κ2) is 5.65. The number of hydrogen-bond donors (Lipinski definition) is 2. The lowest BCUT2D eigenvalue weighted by molar-refractivity contribution is 0.0693. The molecule has 3 heterocycles. The molecule has 7 nitrogen and oxygen atoms in total. The summed E-state index contributed by atoms with van der Waals surface area (Å²) in [5, 5.41) is 13.1. The van der Waals surface area contributed by atoms with E-state index in [1.165, 1.54) is 0 Å². The lowest BCUT2D eigenvalue weighted by Crippen LogP contribution is -2.41. The van der Waals surface area contributed by atoms with Gasteiger partial charge in [-0.1, -0.05) is 0 Å². The van der Waals surface area contributed by atoms with Gasteiger partial charge in [-0.3, -0.25) is 4.79 Å². The number of amides is 1. The van der Waals surface area contributed by atoms with Crippen LogP contribution in [-0.4, -0.2) is 76.2 Å². The molecule has 7 heteroatoms. The van der Waals surface area contributed by atoms with Crippen LogP contribution in [0.2, 0.25) is 0 Å². The number of aliphatic hydroxyl groups excluding tert-OH is 1. The van der Waals surface area contributed by atoms with E-state index >= 15 is 0 Å². The van der Waals surface area contributed by atoms with Crippen molar-refractivity contribution in [1.29, 1.82) is 0 Å². The highest BCUT2D eigenvalue weighted by Crippen LogP contribution is 2.22. The molecule has 0 aromatic carbocycles. The number of carbonyl (C=O) groups excluding carboxylic acids is 1. The molecule has 1 aromatic heterocycles. The van der Waals surface area contributed by atoms with Gasteiger partial charge in [0.1, 0.15) is 5.69 Å². The van der Waals surface area contributed by atoms with E-state index in [-0.39, 0.29) is 11.9 Å². The van der Waals surface area contributed by atoms with Crippen LogP contribution in [0.5, 0.6) is 0 Å². The van der Waals surface area contributed by atoms with Gasteiger partial charge in [0, 0.05) is 38.4 Å². The van der Waals surface area contributed by atoms with Crippen LogP contribution in [0.1, 0.15) is 23.3 Å². The van der Waals surface area contributed by atoms with Gasteiger partial charge in [0.2, 0.25) is 5.95 Å². The van der Waals surface area contributed by atoms with Gasteiger partial charge in [0.25, 0.3) is 5.91 Å². The van der Waals surface area contributed by atoms with Crippen LogP contribution in [-0.2, 0) is 6.54 Å². The van der Waals surface area contributed by atoms with Crippen molar-refractivity contribution >= 4 is 11.9 Å². The number of fused-ring (bicyclic) bond motifs is 1. The number of anilines is 1. The molecule has 0 radical (unpaired) electrons. The fourth-order valence-electron chi connectivity index (χ4n) is 3.16. The number of nitrogens with one attached hydrogen (secondary N) is 1. The van der Waals surface area contributed by atoms with Crippen molar-refractivity contribution in [3.8, 4) is 0 Å². The summed E-state index contributed by atoms with van der Waals surface area (Å²) in [7, 11) is 3.96. The molecule has 2 aliphatic heterocycles. The van der Waals surface area contributed by atoms with Crippen LogP contribution in [0, 0.1) is 0 Å². The van der Waals surface area contributed by atoms with Crippen LogP contribution < -0.4 is 5.32 Å². The maximum absolute atomic E-state index is 12.7. The van der Waals surface area contributed by atoms with Crippen LogP contribution in [0.25, 0.3) is 0 Å². The molecule has 0 aliphatic carbocycles. The maximum atomic E-state index is 12.7. The van der Waals surface area contributed by atoms with Gasteiger partial charge in [0.15, 0.2) is 0 Å². The Bertz CT molecular complexity index is 504. The molecule has 3 rings (SSSR count). The molecule has 116 valence electrons. The average Bonchev–Trinajstić information content (AvgIpc) is 3.00. The zero-order valence-corrected chi connectivity index (χ0v) is 12.6. The minimum absolute atomic E-state index is 0.0502. The Morgan fingerprint density at radius 3 is 3.10 bits per heavy atom. The molecule has 0 spiro atoms. The fraction of sp³-hybridized carbons (Fsp3) is 0.714. The Balaban J connectivity index is 1.78. The second-order valence-corrected chi connectivity index (χ2v) is 6.19. The first-order chi connectivity index (χ1) is 10.0. The Morgan fingerprint density at radius 1 is 1.57 bits per heavy atom. The van der Waals surface area contributed by atoms with Crippen molar-refractivity contribution in [2.45, 2.75) is 31.5 Å². The molecule has 1 saturated heterocycles. The number of hydrogen-bond acceptors (Lipinski definition) is 5. The van der Waals surface area contributed by atoms with E-state index in [9.17, 15) is 9.90 Å². The average molecular weight is 293 g/mol. The number of β-amino-alcohol motifs (C(OH)–C–C–N with tert-alkyl or cyclic N) is 1. The first kappa shape index (κ1) is 14.3. The highest BCUT2D eigenvalue weighted by molar-refractivity contribution is 5.93. The number of aromatic nitrogens is 2. The van der Waals surface area contributed by atoms with Crippen molar-refractivity contribution in [1.82, 2.24) is 19.4 Å². The largest absolute Gasteiger partial charge is 0.391 e. The fourth-order valence-corrected chi connectivity index (χ4v) is 3.16. The highest BCUT2D eigenvalue weighted by atomic mass is 16.3. The van der Waals surface area contributed by atoms with Gasteiger partial charge < -0.3 is 24.8 Å². The van der Waals surface area contributed by atoms with E-state index in [1.54, 1.807) is 4.90 Å². The van der Waals surface area contributed by atoms with Crippen molar-refractivity contribution in [2.24, 2.45) is 0 Å². The predicted molar refractivity (Wildman–Crippen MR) is 79.3 cm³/mol. The number of nitrogens with zero attached hydrogens (tertiary/aromatic N) is 4. The summed E-state index contributed by atoms with van der Waals surface area (Å²) in [6.07, 6.45) is 3.06. The van der Waals surface area contributed by atoms with Crippen LogP contribution >= 0.6 is 0 Å². The lowest BCUT2D eigenvalue weighted by atomic mass is 10.2. The number of aliphatic hydroxyl groups is 1. The minimum atomic E-state index is -0.436. The predicted octanol–water partition coefficient (Wildman–Crippen LogP) is -0.164. The topological polar surface area (TPSA) is 73.6 Å². The normalized spacial score (nSPS) is 25.0. The first-order valence-corrected chi connectivity index (χ1v) is 7.49. The third-order valence-corrected chi connectivity index (χ3v) is 4.08. The number of likely N-dealkylation sites (N-methyl/N-ethyl adjacent to an activating group) is 1. The number of likely N-dealkylation sites (tertiary alicyclic amines) is 1. The summed E-state index contributed by atoms with van der Waals surface area (Å²) in [5.74, 6) is 0.690. The summed E-state index contributed by atoms with van der Waals surface area (Å²) in [6, 6.07) is 0.0502. The van der Waals surface area contributed by atoms with Gasteiger partial charge in [0.05, 0.1) is 6.10 Å². The first-order valence-electron chi connectivity index (χ1n) is 7.49. The van der Waals surface area contributed by atoms with E-state index in [0.717, 1.165) is 32.0 Å². The highest BCUT2D eigenvalue weighted by Gasteiger charge is 2.36. The molecule has 2 atom stereocenters. The van der Waals surface area contributed by atoms with Crippen molar-refractivity contribution in [3.05, 3.63) is 11.9 Å². The molecule has 1 fully saturated rings. The minimum Gasteiger partial charge on any atom is -0.391 e. The van der Waals surface area contributed by atoms with Crippen molar-refractivity contribution in [3.63, 3.8) is 0 Å². The van der Waals surface area contributed by atoms with Gasteiger partial charge >= 0.3 is 0 Å². The third-order valence-electron chi connectivity index (χ3n) is 4.08. The quantitative estimate of drug-likeness (QED) is 0.810. The lowest BCUT2D eigenvalue weighted by Gasteiger charge is -2.26. The number of carbonyl (C=O) groups is 1. The van der Waals surface area contributed by atoms with E-state index in [4.69, 9.17) is 0 Å². The second-order valence-electron chi connectivity index (χ2n) is 6.19. The molecule has 1 amide bonds. The molecule has 0 saturated carbocycles. The van der Waals surface area contributed by atoms with Crippen molar-refractivity contribution in [2.75, 3.05) is 39.0 Å². The smallest absolute Gasteiger partial charge is 0.274 e. The van der Waals surface area contributed by atoms with E-state index in [1.807, 2.05) is 29.8 Å². The van der Waals surface area contributed by atoms with Crippen LogP contribution in [0.4, 0.5) is 5.95 Å². The van der Waals surface area contributed by atoms with Crippen molar-refractivity contribution < 1.29 is 9.90 Å². The number of aryl methyl sites for hydroxylation is 1. The Morgan fingerprint density at radius 2 is 2.38 bits per heavy atom. The Kier molecular flexibility index (Phi) is 3.86. The summed E-state index contributed by atoms with van der Waals surface area (Å²) < 4.78 is 1.99. The Hall–Kier alpha value is -1.60. The summed E-state index contributed by atoms with van der Waals surface area (Å²) >= 11 is 0. The van der Waals surface area contributed by atoms with Gasteiger partial charge in [-0.25, -0.2) is 4.98 Å². The molecule has 2 aliphatic rings. The van der Waals surface area contributed by atoms with Gasteiger partial charge in [-0.2, -0.15) is 0 Å². The number of imidazole rings is 1. The van der Waals surface area contributed by atoms with E-state index in [0.29, 0.717) is 18.7 Å². The molecule has 21 heavy (non-hydrogen) atoms. The van der Waals surface area contributed by atoms with Crippen LogP contribution in [0.15, 0.2) is 6.20 Å². The monoisotopic (exact) mass is 293 g/mol. The Labute approximate surface area is 124 Å². The third kappa shape index (κ3) is 2.89. The molecule has 2 unspecified atom stereocenters. The van der Waals surface area contributed by atoms with E-state index in [2.05, 4.69) is 10.3 Å². The summed E-state index contributed by atoms with van der Waals surface area (Å²) in [4.78, 5) is 20.9. The zero-order chi connectivity index (χ0) is 15.0. The SMILES string of the molecule is CN(C)CC1CC(O)CN1C(=O)c1cn2c(n1)NCCC2. The molecule has 2 N–H and O–H groups in total. The molecule has 0 bridgehead atoms. The van der Waals surface area contributed by atoms with Crippen LogP contribution in [0.3, 0.4) is 0 Å². The maximum Gasteiger partial charge on any atom is 0.274 e. The molecular formula is C14H23N5O2. The summed E-state index contributed by atoms with van der Waals surface area (Å²) in [6.45, 7) is 2.95. The number of rotatable bonds is 3. The molecule has 1 aromatic rings. The zero-order valence-electron chi connectivity index (χ0n) is 12.6. The molecular weight excluding hydrogens is 270 g/mol. The van der Waals surface area contributed by atoms with E-state index < -0.39 is 6.10 Å². The van der Waals surface area contributed by atoms with Gasteiger partial charge in [-0.15, -0.1) is 0 Å². The van der Waals surface area contributed by atoms with Gasteiger partial charge in [-0.05, 0) is 26.9 Å². The standard InChI is InChI=1S/C14H23N5O2/c1-17(2)7-10-6-11(20)8-19(10)13(21)12-9-18-5-3-4-15-14(18)16-12/h9-11,20H,3-8H2,1-2H3,(H,15,16).